The van der Waals surface area contributed by atoms with Gasteiger partial charge in [-0.15, -0.1) is 0 Å². The molecule has 0 aromatic rings. The van der Waals surface area contributed by atoms with Gasteiger partial charge >= 0.3 is 0 Å². The molecule has 82 valence electrons. The highest BCUT2D eigenvalue weighted by Crippen LogP contribution is 2.34. The Balaban J connectivity index is 2.34. The maximum Gasteiger partial charge on any atom is 0.225 e. The molecule has 2 nitrogen and oxygen atoms in total. The maximum absolute atomic E-state index is 11.7. The smallest absolute Gasteiger partial charge is 0.225 e. The normalized spacial score (nSPS) is 19.1. The fourth-order valence-electron chi connectivity index (χ4n) is 1.49. The number of hydrogen-bond donors (Lipinski definition) is 1. The minimum atomic E-state index is -0.253. The molecule has 0 aromatic heterocycles. The zero-order valence-electron chi connectivity index (χ0n) is 9.89. The summed E-state index contributed by atoms with van der Waals surface area (Å²) in [6, 6.07) is 0.397. The molecule has 1 aliphatic carbocycles. The van der Waals surface area contributed by atoms with Crippen LogP contribution in [-0.2, 0) is 4.79 Å². The monoisotopic (exact) mass is 197 g/mol. The highest BCUT2D eigenvalue weighted by molar-refractivity contribution is 5.81. The molecule has 0 spiro atoms. The van der Waals surface area contributed by atoms with Gasteiger partial charge in [0.1, 0.15) is 0 Å². The van der Waals surface area contributed by atoms with E-state index in [1.165, 1.54) is 19.3 Å². The fourth-order valence-corrected chi connectivity index (χ4v) is 1.49. The first-order valence-corrected chi connectivity index (χ1v) is 5.74. The Kier molecular flexibility index (Phi) is 3.57. The van der Waals surface area contributed by atoms with Crippen LogP contribution in [0.5, 0.6) is 0 Å². The highest BCUT2D eigenvalue weighted by atomic mass is 16.2. The van der Waals surface area contributed by atoms with Crippen molar-refractivity contribution in [2.75, 3.05) is 0 Å². The van der Waals surface area contributed by atoms with Crippen LogP contribution < -0.4 is 5.32 Å². The predicted octanol–water partition coefficient (Wildman–Crippen LogP) is 2.73. The Bertz CT molecular complexity index is 201. The molecule has 1 atom stereocenters. The first kappa shape index (κ1) is 11.5. The molecule has 2 heteroatoms. The first-order chi connectivity index (χ1) is 6.43. The van der Waals surface area contributed by atoms with Gasteiger partial charge in [0.15, 0.2) is 0 Å². The van der Waals surface area contributed by atoms with Crippen LogP contribution in [0.25, 0.3) is 0 Å². The zero-order valence-corrected chi connectivity index (χ0v) is 9.89. The molecule has 0 saturated heterocycles. The van der Waals surface area contributed by atoms with Crippen molar-refractivity contribution in [2.45, 2.75) is 59.4 Å². The Morgan fingerprint density at radius 1 is 1.43 bits per heavy atom. The third-order valence-electron chi connectivity index (χ3n) is 2.82. The van der Waals surface area contributed by atoms with Gasteiger partial charge in [0.2, 0.25) is 5.91 Å². The first-order valence-electron chi connectivity index (χ1n) is 5.74. The molecule has 1 saturated carbocycles. The molecule has 0 radical (unpaired) electrons. The standard InChI is InChI=1S/C12H23NO/c1-5-10(8-9-6-7-9)13-11(14)12(2,3)4/h9-10H,5-8H2,1-4H3,(H,13,14). The molecule has 1 fully saturated rings. The van der Waals surface area contributed by atoms with Gasteiger partial charge in [0.05, 0.1) is 0 Å². The van der Waals surface area contributed by atoms with Gasteiger partial charge in [0, 0.05) is 11.5 Å². The molecule has 1 amide bonds. The van der Waals surface area contributed by atoms with Gasteiger partial charge < -0.3 is 5.32 Å². The number of amides is 1. The number of carbonyl (C=O) groups excluding carboxylic acids is 1. The fraction of sp³-hybridized carbons (Fsp3) is 0.917. The second kappa shape index (κ2) is 4.33. The van der Waals surface area contributed by atoms with Gasteiger partial charge in [0.25, 0.3) is 0 Å². The van der Waals surface area contributed by atoms with Crippen molar-refractivity contribution >= 4 is 5.91 Å². The van der Waals surface area contributed by atoms with E-state index in [1.54, 1.807) is 0 Å². The lowest BCUT2D eigenvalue weighted by Crippen LogP contribution is -2.41. The molecule has 0 aromatic carbocycles. The topological polar surface area (TPSA) is 29.1 Å². The zero-order chi connectivity index (χ0) is 10.8. The van der Waals surface area contributed by atoms with E-state index in [9.17, 15) is 4.79 Å². The van der Waals surface area contributed by atoms with Crippen molar-refractivity contribution in [1.82, 2.24) is 5.32 Å². The van der Waals surface area contributed by atoms with Crippen LogP contribution in [0, 0.1) is 11.3 Å². The van der Waals surface area contributed by atoms with Gasteiger partial charge in [-0.1, -0.05) is 40.5 Å². The van der Waals surface area contributed by atoms with Crippen molar-refractivity contribution in [1.29, 1.82) is 0 Å². The molecule has 1 N–H and O–H groups in total. The van der Waals surface area contributed by atoms with E-state index in [1.807, 2.05) is 20.8 Å². The summed E-state index contributed by atoms with van der Waals surface area (Å²) < 4.78 is 0. The van der Waals surface area contributed by atoms with Crippen LogP contribution in [-0.4, -0.2) is 11.9 Å². The van der Waals surface area contributed by atoms with Crippen molar-refractivity contribution < 1.29 is 4.79 Å². The Morgan fingerprint density at radius 2 is 2.00 bits per heavy atom. The van der Waals surface area contributed by atoms with Crippen LogP contribution in [0.2, 0.25) is 0 Å². The average Bonchev–Trinajstić information content (AvgIpc) is 2.85. The second-order valence-corrected chi connectivity index (χ2v) is 5.51. The molecule has 1 unspecified atom stereocenters. The van der Waals surface area contributed by atoms with Gasteiger partial charge in [-0.05, 0) is 18.8 Å². The summed E-state index contributed by atoms with van der Waals surface area (Å²) in [7, 11) is 0. The predicted molar refractivity (Wildman–Crippen MR) is 59.0 cm³/mol. The van der Waals surface area contributed by atoms with Crippen molar-refractivity contribution in [3.05, 3.63) is 0 Å². The summed E-state index contributed by atoms with van der Waals surface area (Å²) >= 11 is 0. The summed E-state index contributed by atoms with van der Waals surface area (Å²) in [6.07, 6.45) is 4.96. The summed E-state index contributed by atoms with van der Waals surface area (Å²) in [5.41, 5.74) is -0.253. The Hall–Kier alpha value is -0.530. The van der Waals surface area contributed by atoms with E-state index in [0.29, 0.717) is 6.04 Å². The van der Waals surface area contributed by atoms with Crippen LogP contribution in [0.3, 0.4) is 0 Å². The maximum atomic E-state index is 11.7. The molecular formula is C12H23NO. The number of hydrogen-bond acceptors (Lipinski definition) is 1. The van der Waals surface area contributed by atoms with Crippen LogP contribution >= 0.6 is 0 Å². The molecule has 14 heavy (non-hydrogen) atoms. The number of carbonyl (C=O) groups is 1. The SMILES string of the molecule is CCC(CC1CC1)NC(=O)C(C)(C)C. The lowest BCUT2D eigenvalue weighted by molar-refractivity contribution is -0.129. The van der Waals surface area contributed by atoms with Crippen molar-refractivity contribution in [3.8, 4) is 0 Å². The summed E-state index contributed by atoms with van der Waals surface area (Å²) in [5, 5.41) is 3.14. The van der Waals surface area contributed by atoms with Crippen LogP contribution in [0.15, 0.2) is 0 Å². The third-order valence-corrected chi connectivity index (χ3v) is 2.82. The molecule has 0 bridgehead atoms. The molecule has 1 rings (SSSR count). The van der Waals surface area contributed by atoms with E-state index in [-0.39, 0.29) is 11.3 Å². The van der Waals surface area contributed by atoms with E-state index in [0.717, 1.165) is 12.3 Å². The summed E-state index contributed by atoms with van der Waals surface area (Å²) in [5.74, 6) is 1.07. The van der Waals surface area contributed by atoms with Gasteiger partial charge in [-0.25, -0.2) is 0 Å². The van der Waals surface area contributed by atoms with E-state index in [2.05, 4.69) is 12.2 Å². The second-order valence-electron chi connectivity index (χ2n) is 5.51. The van der Waals surface area contributed by atoms with Gasteiger partial charge in [-0.3, -0.25) is 4.79 Å². The Labute approximate surface area is 87.5 Å². The number of nitrogens with one attached hydrogen (secondary N) is 1. The third kappa shape index (κ3) is 3.69. The molecule has 1 aliphatic rings. The quantitative estimate of drug-likeness (QED) is 0.737. The lowest BCUT2D eigenvalue weighted by Gasteiger charge is -2.23. The van der Waals surface area contributed by atoms with Crippen molar-refractivity contribution in [2.24, 2.45) is 11.3 Å². The van der Waals surface area contributed by atoms with Crippen LogP contribution in [0.1, 0.15) is 53.4 Å². The lowest BCUT2D eigenvalue weighted by atomic mass is 9.94. The summed E-state index contributed by atoms with van der Waals surface area (Å²) in [4.78, 5) is 11.7. The minimum Gasteiger partial charge on any atom is -0.353 e. The largest absolute Gasteiger partial charge is 0.353 e. The average molecular weight is 197 g/mol. The molecule has 0 heterocycles. The van der Waals surface area contributed by atoms with Crippen LogP contribution in [0.4, 0.5) is 0 Å². The van der Waals surface area contributed by atoms with Gasteiger partial charge in [-0.2, -0.15) is 0 Å². The van der Waals surface area contributed by atoms with Crippen molar-refractivity contribution in [3.63, 3.8) is 0 Å². The summed E-state index contributed by atoms with van der Waals surface area (Å²) in [6.45, 7) is 8.04. The molecular weight excluding hydrogens is 174 g/mol. The van der Waals surface area contributed by atoms with E-state index < -0.39 is 0 Å². The van der Waals surface area contributed by atoms with E-state index >= 15 is 0 Å². The number of rotatable bonds is 4. The molecule has 0 aliphatic heterocycles. The highest BCUT2D eigenvalue weighted by Gasteiger charge is 2.28. The van der Waals surface area contributed by atoms with E-state index in [4.69, 9.17) is 0 Å². The Morgan fingerprint density at radius 3 is 2.36 bits per heavy atom. The minimum absolute atomic E-state index is 0.185.